The van der Waals surface area contributed by atoms with Gasteiger partial charge in [-0.2, -0.15) is 0 Å². The van der Waals surface area contributed by atoms with Gasteiger partial charge in [-0.15, -0.1) is 12.4 Å². The maximum atomic E-state index is 12.4. The zero-order chi connectivity index (χ0) is 16.8. The van der Waals surface area contributed by atoms with Crippen LogP contribution < -0.4 is 5.73 Å². The summed E-state index contributed by atoms with van der Waals surface area (Å²) in [7, 11) is 0. The molecular formula is C19H25ClN4O. The van der Waals surface area contributed by atoms with Crippen LogP contribution >= 0.6 is 12.4 Å². The summed E-state index contributed by atoms with van der Waals surface area (Å²) < 4.78 is 0. The van der Waals surface area contributed by atoms with E-state index in [1.807, 2.05) is 53.7 Å². The van der Waals surface area contributed by atoms with E-state index >= 15 is 0 Å². The topological polar surface area (TPSA) is 62.5 Å². The van der Waals surface area contributed by atoms with Gasteiger partial charge in [-0.3, -0.25) is 14.7 Å². The van der Waals surface area contributed by atoms with Crippen LogP contribution in [0.2, 0.25) is 0 Å². The number of halogens is 1. The Morgan fingerprint density at radius 2 is 1.72 bits per heavy atom. The highest BCUT2D eigenvalue weighted by Crippen LogP contribution is 2.14. The minimum absolute atomic E-state index is 0. The van der Waals surface area contributed by atoms with E-state index in [2.05, 4.69) is 9.88 Å². The number of hydrogen-bond acceptors (Lipinski definition) is 4. The molecule has 134 valence electrons. The van der Waals surface area contributed by atoms with Crippen molar-refractivity contribution in [2.45, 2.75) is 19.4 Å². The van der Waals surface area contributed by atoms with E-state index < -0.39 is 0 Å². The zero-order valence-corrected chi connectivity index (χ0v) is 15.1. The molecule has 0 unspecified atom stereocenters. The molecule has 0 radical (unpaired) electrons. The standard InChI is InChI=1S/C19H24N4O.ClH/c20-18-4-2-1-3-17(18)5-6-19(24)23-13-11-22(12-14-23)15-16-7-9-21-10-8-16;/h1-4,7-10H,5-6,11-15,20H2;1H. The second-order valence-corrected chi connectivity index (χ2v) is 6.21. The van der Waals surface area contributed by atoms with E-state index in [-0.39, 0.29) is 18.3 Å². The van der Waals surface area contributed by atoms with Crippen molar-refractivity contribution in [1.29, 1.82) is 0 Å². The molecule has 6 heteroatoms. The molecule has 0 bridgehead atoms. The maximum Gasteiger partial charge on any atom is 0.222 e. The van der Waals surface area contributed by atoms with E-state index in [9.17, 15) is 4.79 Å². The summed E-state index contributed by atoms with van der Waals surface area (Å²) in [6.07, 6.45) is 4.89. The number of carbonyl (C=O) groups excluding carboxylic acids is 1. The van der Waals surface area contributed by atoms with Gasteiger partial charge in [-0.25, -0.2) is 0 Å². The van der Waals surface area contributed by atoms with Gasteiger partial charge in [-0.05, 0) is 35.7 Å². The number of anilines is 1. The molecule has 1 saturated heterocycles. The molecule has 1 aliphatic heterocycles. The van der Waals surface area contributed by atoms with Crippen LogP contribution in [0.5, 0.6) is 0 Å². The molecular weight excluding hydrogens is 336 g/mol. The third-order valence-corrected chi connectivity index (χ3v) is 4.54. The molecule has 0 spiro atoms. The molecule has 2 heterocycles. The largest absolute Gasteiger partial charge is 0.399 e. The molecule has 0 aliphatic carbocycles. The first-order chi connectivity index (χ1) is 11.7. The molecule has 1 amide bonds. The summed E-state index contributed by atoms with van der Waals surface area (Å²) in [5.41, 5.74) is 9.04. The van der Waals surface area contributed by atoms with Crippen molar-refractivity contribution in [2.24, 2.45) is 0 Å². The molecule has 1 aromatic heterocycles. The van der Waals surface area contributed by atoms with E-state index in [1.165, 1.54) is 5.56 Å². The first kappa shape index (κ1) is 19.2. The van der Waals surface area contributed by atoms with Crippen LogP contribution in [0, 0.1) is 0 Å². The Morgan fingerprint density at radius 3 is 2.40 bits per heavy atom. The Balaban J connectivity index is 0.00000225. The van der Waals surface area contributed by atoms with E-state index in [0.717, 1.165) is 44.0 Å². The normalized spacial score (nSPS) is 14.8. The summed E-state index contributed by atoms with van der Waals surface area (Å²) in [4.78, 5) is 20.8. The van der Waals surface area contributed by atoms with E-state index in [1.54, 1.807) is 0 Å². The number of aromatic nitrogens is 1. The predicted molar refractivity (Wildman–Crippen MR) is 103 cm³/mol. The lowest BCUT2D eigenvalue weighted by Gasteiger charge is -2.34. The van der Waals surface area contributed by atoms with E-state index in [4.69, 9.17) is 5.73 Å². The molecule has 2 N–H and O–H groups in total. The summed E-state index contributed by atoms with van der Waals surface area (Å²) in [5, 5.41) is 0. The first-order valence-electron chi connectivity index (χ1n) is 8.45. The number of nitrogens with zero attached hydrogens (tertiary/aromatic N) is 3. The van der Waals surface area contributed by atoms with Gasteiger partial charge < -0.3 is 10.6 Å². The Labute approximate surface area is 155 Å². The number of nitrogens with two attached hydrogens (primary N) is 1. The summed E-state index contributed by atoms with van der Waals surface area (Å²) in [6, 6.07) is 11.9. The van der Waals surface area contributed by atoms with Crippen molar-refractivity contribution in [3.8, 4) is 0 Å². The monoisotopic (exact) mass is 360 g/mol. The zero-order valence-electron chi connectivity index (χ0n) is 14.3. The van der Waals surface area contributed by atoms with Crippen LogP contribution in [-0.4, -0.2) is 46.9 Å². The molecule has 1 fully saturated rings. The number of hydrogen-bond donors (Lipinski definition) is 1. The second-order valence-electron chi connectivity index (χ2n) is 6.21. The number of benzene rings is 1. The first-order valence-corrected chi connectivity index (χ1v) is 8.45. The van der Waals surface area contributed by atoms with Gasteiger partial charge in [0, 0.05) is 57.2 Å². The van der Waals surface area contributed by atoms with Gasteiger partial charge in [0.25, 0.3) is 0 Å². The van der Waals surface area contributed by atoms with Crippen LogP contribution in [0.4, 0.5) is 5.69 Å². The number of carbonyl (C=O) groups is 1. The van der Waals surface area contributed by atoms with Crippen LogP contribution in [0.25, 0.3) is 0 Å². The average Bonchev–Trinajstić information content (AvgIpc) is 2.62. The molecule has 5 nitrogen and oxygen atoms in total. The molecule has 1 aliphatic rings. The van der Waals surface area contributed by atoms with Gasteiger partial charge in [0.1, 0.15) is 0 Å². The summed E-state index contributed by atoms with van der Waals surface area (Å²) >= 11 is 0. The third-order valence-electron chi connectivity index (χ3n) is 4.54. The van der Waals surface area contributed by atoms with Crippen molar-refractivity contribution in [2.75, 3.05) is 31.9 Å². The van der Waals surface area contributed by atoms with Crippen LogP contribution in [-0.2, 0) is 17.8 Å². The molecule has 25 heavy (non-hydrogen) atoms. The maximum absolute atomic E-state index is 12.4. The second kappa shape index (κ2) is 9.39. The predicted octanol–water partition coefficient (Wildman–Crippen LogP) is 2.36. The van der Waals surface area contributed by atoms with Crippen molar-refractivity contribution in [3.63, 3.8) is 0 Å². The van der Waals surface area contributed by atoms with Crippen molar-refractivity contribution >= 4 is 24.0 Å². The van der Waals surface area contributed by atoms with Crippen LogP contribution in [0.3, 0.4) is 0 Å². The molecule has 0 saturated carbocycles. The SMILES string of the molecule is Cl.Nc1ccccc1CCC(=O)N1CCN(Cc2ccncc2)CC1. The Morgan fingerprint density at radius 1 is 1.04 bits per heavy atom. The number of pyridine rings is 1. The lowest BCUT2D eigenvalue weighted by atomic mass is 10.1. The number of amides is 1. The minimum atomic E-state index is 0. The number of para-hydroxylation sites is 1. The number of piperazine rings is 1. The van der Waals surface area contributed by atoms with E-state index in [0.29, 0.717) is 12.8 Å². The summed E-state index contributed by atoms with van der Waals surface area (Å²) in [5.74, 6) is 0.224. The molecule has 0 atom stereocenters. The fraction of sp³-hybridized carbons (Fsp3) is 0.368. The van der Waals surface area contributed by atoms with Gasteiger partial charge in [0.2, 0.25) is 5.91 Å². The highest BCUT2D eigenvalue weighted by molar-refractivity contribution is 5.85. The fourth-order valence-corrected chi connectivity index (χ4v) is 3.06. The molecule has 3 rings (SSSR count). The van der Waals surface area contributed by atoms with Crippen molar-refractivity contribution in [3.05, 3.63) is 59.9 Å². The van der Waals surface area contributed by atoms with Gasteiger partial charge in [0.05, 0.1) is 0 Å². The highest BCUT2D eigenvalue weighted by Gasteiger charge is 2.20. The average molecular weight is 361 g/mol. The Hall–Kier alpha value is -2.11. The smallest absolute Gasteiger partial charge is 0.222 e. The number of rotatable bonds is 5. The fourth-order valence-electron chi connectivity index (χ4n) is 3.06. The van der Waals surface area contributed by atoms with Gasteiger partial charge >= 0.3 is 0 Å². The van der Waals surface area contributed by atoms with Crippen molar-refractivity contribution < 1.29 is 4.79 Å². The van der Waals surface area contributed by atoms with Crippen molar-refractivity contribution in [1.82, 2.24) is 14.8 Å². The number of nitrogen functional groups attached to an aromatic ring is 1. The molecule has 2 aromatic rings. The van der Waals surface area contributed by atoms with Crippen LogP contribution in [0.15, 0.2) is 48.8 Å². The Kier molecular flexibility index (Phi) is 7.22. The van der Waals surface area contributed by atoms with Gasteiger partial charge in [-0.1, -0.05) is 18.2 Å². The summed E-state index contributed by atoms with van der Waals surface area (Å²) in [6.45, 7) is 4.36. The molecule has 1 aromatic carbocycles. The lowest BCUT2D eigenvalue weighted by Crippen LogP contribution is -2.48. The minimum Gasteiger partial charge on any atom is -0.399 e. The Bertz CT molecular complexity index is 672. The lowest BCUT2D eigenvalue weighted by molar-refractivity contribution is -0.132. The third kappa shape index (κ3) is 5.44. The number of aryl methyl sites for hydroxylation is 1. The quantitative estimate of drug-likeness (QED) is 0.831. The van der Waals surface area contributed by atoms with Crippen LogP contribution in [0.1, 0.15) is 17.5 Å². The van der Waals surface area contributed by atoms with Gasteiger partial charge in [0.15, 0.2) is 0 Å². The highest BCUT2D eigenvalue weighted by atomic mass is 35.5.